The molecule has 10 heteroatoms. The summed E-state index contributed by atoms with van der Waals surface area (Å²) in [5.41, 5.74) is 2.98. The first kappa shape index (κ1) is 20.9. The number of carbonyl (C=O) groups is 1. The molecular weight excluding hydrogens is 656 g/mol. The number of benzene rings is 2. The van der Waals surface area contributed by atoms with Crippen molar-refractivity contribution in [3.63, 3.8) is 0 Å². The summed E-state index contributed by atoms with van der Waals surface area (Å²) < 4.78 is 9.05. The van der Waals surface area contributed by atoms with Crippen LogP contribution in [0.15, 0.2) is 51.7 Å². The standard InChI is InChI=1S/C15H9Br5N2O3/c16-8-2-11(19)15(12(20)3-8)25-6-14(24)22-21-5-7-1-13(23)10(18)4-9(7)17/h1-5,23H,6H2,(H,22,24)/b21-5-. The van der Waals surface area contributed by atoms with Gasteiger partial charge in [0.05, 0.1) is 19.6 Å². The molecule has 1 amide bonds. The lowest BCUT2D eigenvalue weighted by Gasteiger charge is -2.10. The Morgan fingerprint density at radius 2 is 1.68 bits per heavy atom. The summed E-state index contributed by atoms with van der Waals surface area (Å²) in [4.78, 5) is 11.8. The highest BCUT2D eigenvalue weighted by molar-refractivity contribution is 9.12. The minimum Gasteiger partial charge on any atom is -0.507 e. The van der Waals surface area contributed by atoms with Crippen molar-refractivity contribution in [2.45, 2.75) is 0 Å². The zero-order chi connectivity index (χ0) is 18.6. The molecular formula is C15H9Br5N2O3. The highest BCUT2D eigenvalue weighted by Crippen LogP contribution is 2.36. The van der Waals surface area contributed by atoms with E-state index in [0.29, 0.717) is 29.2 Å². The molecule has 2 N–H and O–H groups in total. The lowest BCUT2D eigenvalue weighted by molar-refractivity contribution is -0.123. The topological polar surface area (TPSA) is 70.9 Å². The van der Waals surface area contributed by atoms with Gasteiger partial charge in [0.15, 0.2) is 6.61 Å². The van der Waals surface area contributed by atoms with Crippen LogP contribution in [-0.2, 0) is 4.79 Å². The Bertz CT molecular complexity index is 819. The van der Waals surface area contributed by atoms with Gasteiger partial charge < -0.3 is 9.84 Å². The summed E-state index contributed by atoms with van der Waals surface area (Å²) in [6.07, 6.45) is 1.42. The number of halogens is 5. The van der Waals surface area contributed by atoms with Crippen molar-refractivity contribution < 1.29 is 14.6 Å². The average Bonchev–Trinajstić information content (AvgIpc) is 2.51. The minimum atomic E-state index is -0.421. The van der Waals surface area contributed by atoms with Crippen LogP contribution >= 0.6 is 79.6 Å². The van der Waals surface area contributed by atoms with E-state index in [2.05, 4.69) is 90.2 Å². The highest BCUT2D eigenvalue weighted by atomic mass is 79.9. The van der Waals surface area contributed by atoms with Crippen molar-refractivity contribution in [1.82, 2.24) is 5.43 Å². The molecule has 0 aliphatic carbocycles. The Morgan fingerprint density at radius 1 is 1.04 bits per heavy atom. The van der Waals surface area contributed by atoms with E-state index < -0.39 is 5.91 Å². The van der Waals surface area contributed by atoms with Crippen molar-refractivity contribution in [2.75, 3.05) is 6.61 Å². The number of aromatic hydroxyl groups is 1. The van der Waals surface area contributed by atoms with Crippen LogP contribution in [-0.4, -0.2) is 23.8 Å². The maximum atomic E-state index is 11.8. The summed E-state index contributed by atoms with van der Waals surface area (Å²) in [6, 6.07) is 6.82. The molecule has 0 aromatic heterocycles. The molecule has 2 aromatic carbocycles. The molecule has 0 saturated heterocycles. The van der Waals surface area contributed by atoms with Crippen LogP contribution in [0.5, 0.6) is 11.5 Å². The zero-order valence-corrected chi connectivity index (χ0v) is 20.1. The number of carbonyl (C=O) groups excluding carboxylic acids is 1. The highest BCUT2D eigenvalue weighted by Gasteiger charge is 2.10. The molecule has 0 radical (unpaired) electrons. The van der Waals surface area contributed by atoms with Crippen LogP contribution in [0.1, 0.15) is 5.56 Å². The van der Waals surface area contributed by atoms with Gasteiger partial charge in [-0.25, -0.2) is 5.43 Å². The molecule has 0 aliphatic heterocycles. The van der Waals surface area contributed by atoms with Crippen LogP contribution < -0.4 is 10.2 Å². The van der Waals surface area contributed by atoms with E-state index in [9.17, 15) is 9.90 Å². The van der Waals surface area contributed by atoms with Gasteiger partial charge in [-0.3, -0.25) is 4.79 Å². The summed E-state index contributed by atoms with van der Waals surface area (Å²) in [5.74, 6) is 0.169. The third-order valence-electron chi connectivity index (χ3n) is 2.77. The predicted octanol–water partition coefficient (Wildman–Crippen LogP) is 5.73. The Morgan fingerprint density at radius 3 is 2.32 bits per heavy atom. The number of nitrogens with zero attached hydrogens (tertiary/aromatic N) is 1. The van der Waals surface area contributed by atoms with Crippen LogP contribution in [0.4, 0.5) is 0 Å². The summed E-state index contributed by atoms with van der Waals surface area (Å²) >= 11 is 16.7. The number of hydrazone groups is 1. The molecule has 0 bridgehead atoms. The van der Waals surface area contributed by atoms with Gasteiger partial charge in [-0.2, -0.15) is 5.10 Å². The van der Waals surface area contributed by atoms with Crippen LogP contribution in [0.25, 0.3) is 0 Å². The Balaban J connectivity index is 1.94. The van der Waals surface area contributed by atoms with E-state index in [1.807, 2.05) is 12.1 Å². The molecule has 2 aromatic rings. The van der Waals surface area contributed by atoms with Crippen LogP contribution in [0.3, 0.4) is 0 Å². The molecule has 2 rings (SSSR count). The van der Waals surface area contributed by atoms with Gasteiger partial charge in [0.25, 0.3) is 5.91 Å². The Hall–Kier alpha value is -0.420. The number of rotatable bonds is 5. The quantitative estimate of drug-likeness (QED) is 0.317. The van der Waals surface area contributed by atoms with Gasteiger partial charge in [0, 0.05) is 14.5 Å². The van der Waals surface area contributed by atoms with E-state index in [-0.39, 0.29) is 12.4 Å². The number of phenols is 1. The second-order valence-corrected chi connectivity index (χ2v) is 8.94. The van der Waals surface area contributed by atoms with Gasteiger partial charge >= 0.3 is 0 Å². The minimum absolute atomic E-state index is 0.0734. The average molecular weight is 665 g/mol. The SMILES string of the molecule is O=C(COc1c(Br)cc(Br)cc1Br)N/N=C\c1cc(O)c(Br)cc1Br. The van der Waals surface area contributed by atoms with Gasteiger partial charge in [-0.15, -0.1) is 0 Å². The first-order chi connectivity index (χ1) is 11.8. The number of hydrogen-bond donors (Lipinski definition) is 2. The molecule has 0 spiro atoms. The molecule has 0 unspecified atom stereocenters. The second-order valence-electron chi connectivity index (χ2n) is 4.61. The molecule has 0 fully saturated rings. The van der Waals surface area contributed by atoms with Gasteiger partial charge in [0.2, 0.25) is 0 Å². The fourth-order valence-corrected chi connectivity index (χ4v) is 5.25. The maximum absolute atomic E-state index is 11.8. The van der Waals surface area contributed by atoms with E-state index in [1.54, 1.807) is 6.07 Å². The lowest BCUT2D eigenvalue weighted by Crippen LogP contribution is -2.24. The number of phenolic OH excluding ortho intramolecular Hbond substituents is 1. The van der Waals surface area contributed by atoms with E-state index in [1.165, 1.54) is 12.3 Å². The van der Waals surface area contributed by atoms with Crippen molar-refractivity contribution in [3.8, 4) is 11.5 Å². The summed E-state index contributed by atoms with van der Waals surface area (Å²) in [7, 11) is 0. The number of ether oxygens (including phenoxy) is 1. The van der Waals surface area contributed by atoms with Crippen LogP contribution in [0, 0.1) is 0 Å². The largest absolute Gasteiger partial charge is 0.507 e. The van der Waals surface area contributed by atoms with Gasteiger partial charge in [-0.1, -0.05) is 31.9 Å². The molecule has 0 aliphatic rings. The normalized spacial score (nSPS) is 10.9. The second kappa shape index (κ2) is 9.50. The lowest BCUT2D eigenvalue weighted by atomic mass is 10.2. The van der Waals surface area contributed by atoms with E-state index in [0.717, 1.165) is 4.47 Å². The van der Waals surface area contributed by atoms with Crippen molar-refractivity contribution in [1.29, 1.82) is 0 Å². The Kier molecular flexibility index (Phi) is 7.93. The Labute approximate surface area is 185 Å². The number of nitrogens with one attached hydrogen (secondary N) is 1. The number of hydrogen-bond acceptors (Lipinski definition) is 4. The summed E-state index contributed by atoms with van der Waals surface area (Å²) in [6.45, 7) is -0.205. The van der Waals surface area contributed by atoms with Gasteiger partial charge in [0.1, 0.15) is 11.5 Å². The number of amides is 1. The fraction of sp³-hybridized carbons (Fsp3) is 0.0667. The molecule has 0 saturated carbocycles. The molecule has 25 heavy (non-hydrogen) atoms. The van der Waals surface area contributed by atoms with E-state index >= 15 is 0 Å². The van der Waals surface area contributed by atoms with Crippen molar-refractivity contribution >= 4 is 91.8 Å². The first-order valence-electron chi connectivity index (χ1n) is 6.55. The fourth-order valence-electron chi connectivity index (χ4n) is 1.66. The van der Waals surface area contributed by atoms with Gasteiger partial charge in [-0.05, 0) is 72.1 Å². The van der Waals surface area contributed by atoms with Crippen LogP contribution in [0.2, 0.25) is 0 Å². The monoisotopic (exact) mass is 660 g/mol. The third kappa shape index (κ3) is 6.06. The molecule has 5 nitrogen and oxygen atoms in total. The predicted molar refractivity (Wildman–Crippen MR) is 114 cm³/mol. The van der Waals surface area contributed by atoms with E-state index in [4.69, 9.17) is 4.74 Å². The third-order valence-corrected chi connectivity index (χ3v) is 5.73. The molecule has 0 heterocycles. The maximum Gasteiger partial charge on any atom is 0.277 e. The first-order valence-corrected chi connectivity index (χ1v) is 10.5. The summed E-state index contributed by atoms with van der Waals surface area (Å²) in [5, 5.41) is 13.5. The molecule has 0 atom stereocenters. The molecule has 132 valence electrons. The smallest absolute Gasteiger partial charge is 0.277 e. The van der Waals surface area contributed by atoms with Crippen molar-refractivity contribution in [3.05, 3.63) is 52.2 Å². The van der Waals surface area contributed by atoms with Crippen molar-refractivity contribution in [2.24, 2.45) is 5.10 Å². The zero-order valence-electron chi connectivity index (χ0n) is 12.2.